The van der Waals surface area contributed by atoms with E-state index in [9.17, 15) is 4.79 Å². The molecule has 0 unspecified atom stereocenters. The van der Waals surface area contributed by atoms with Crippen molar-refractivity contribution in [3.63, 3.8) is 0 Å². The van der Waals surface area contributed by atoms with Crippen molar-refractivity contribution in [1.29, 1.82) is 0 Å². The molecule has 0 aromatic heterocycles. The SMILES string of the molecule is O=C(O)NC1CC2(CC(CO)C2)C1. The van der Waals surface area contributed by atoms with E-state index < -0.39 is 6.09 Å². The first kappa shape index (κ1) is 8.81. The van der Waals surface area contributed by atoms with Gasteiger partial charge in [-0.05, 0) is 37.0 Å². The summed E-state index contributed by atoms with van der Waals surface area (Å²) >= 11 is 0. The Kier molecular flexibility index (Phi) is 1.95. The molecule has 1 amide bonds. The molecule has 4 heteroatoms. The van der Waals surface area contributed by atoms with Crippen LogP contribution in [0.5, 0.6) is 0 Å². The van der Waals surface area contributed by atoms with Crippen molar-refractivity contribution in [1.82, 2.24) is 5.32 Å². The van der Waals surface area contributed by atoms with Crippen molar-refractivity contribution >= 4 is 6.09 Å². The molecule has 2 aliphatic carbocycles. The number of carboxylic acid groups (broad SMARTS) is 1. The molecule has 2 fully saturated rings. The minimum Gasteiger partial charge on any atom is -0.465 e. The van der Waals surface area contributed by atoms with E-state index in [1.165, 1.54) is 0 Å². The van der Waals surface area contributed by atoms with E-state index in [2.05, 4.69) is 5.32 Å². The quantitative estimate of drug-likeness (QED) is 0.596. The van der Waals surface area contributed by atoms with Crippen LogP contribution in [0.1, 0.15) is 25.7 Å². The van der Waals surface area contributed by atoms with Gasteiger partial charge in [-0.25, -0.2) is 4.79 Å². The van der Waals surface area contributed by atoms with Gasteiger partial charge in [0.15, 0.2) is 0 Å². The van der Waals surface area contributed by atoms with E-state index in [-0.39, 0.29) is 6.04 Å². The highest BCUT2D eigenvalue weighted by Crippen LogP contribution is 2.58. The molecule has 0 heterocycles. The summed E-state index contributed by atoms with van der Waals surface area (Å²) < 4.78 is 0. The van der Waals surface area contributed by atoms with Gasteiger partial charge in [-0.3, -0.25) is 0 Å². The lowest BCUT2D eigenvalue weighted by atomic mass is 9.50. The average Bonchev–Trinajstić information content (AvgIpc) is 1.90. The highest BCUT2D eigenvalue weighted by molar-refractivity contribution is 5.65. The van der Waals surface area contributed by atoms with Crippen molar-refractivity contribution in [3.8, 4) is 0 Å². The molecule has 0 saturated heterocycles. The van der Waals surface area contributed by atoms with Crippen LogP contribution in [-0.4, -0.2) is 29.0 Å². The first-order chi connectivity index (χ1) is 6.13. The molecule has 0 atom stereocenters. The Labute approximate surface area is 76.9 Å². The van der Waals surface area contributed by atoms with Crippen LogP contribution in [0.4, 0.5) is 4.79 Å². The van der Waals surface area contributed by atoms with Gasteiger partial charge in [0, 0.05) is 12.6 Å². The first-order valence-electron chi connectivity index (χ1n) is 4.74. The van der Waals surface area contributed by atoms with Gasteiger partial charge < -0.3 is 15.5 Å². The minimum absolute atomic E-state index is 0.164. The third-order valence-corrected chi connectivity index (χ3v) is 3.39. The summed E-state index contributed by atoms with van der Waals surface area (Å²) in [6.45, 7) is 0.290. The fourth-order valence-electron chi connectivity index (χ4n) is 2.89. The molecular formula is C9H15NO3. The third kappa shape index (κ3) is 1.50. The molecule has 2 rings (SSSR count). The van der Waals surface area contributed by atoms with Crippen LogP contribution in [0.25, 0.3) is 0 Å². The topological polar surface area (TPSA) is 69.6 Å². The lowest BCUT2D eigenvalue weighted by Crippen LogP contribution is -2.56. The monoisotopic (exact) mass is 185 g/mol. The van der Waals surface area contributed by atoms with Crippen molar-refractivity contribution in [2.24, 2.45) is 11.3 Å². The third-order valence-electron chi connectivity index (χ3n) is 3.39. The summed E-state index contributed by atoms with van der Waals surface area (Å²) in [5.74, 6) is 0.478. The molecule has 0 aromatic rings. The van der Waals surface area contributed by atoms with Gasteiger partial charge in [0.1, 0.15) is 0 Å². The number of hydrogen-bond acceptors (Lipinski definition) is 2. The molecule has 0 radical (unpaired) electrons. The lowest BCUT2D eigenvalue weighted by molar-refractivity contribution is -0.0647. The molecule has 1 spiro atoms. The molecule has 2 aliphatic rings. The van der Waals surface area contributed by atoms with Crippen LogP contribution >= 0.6 is 0 Å². The fourth-order valence-corrected chi connectivity index (χ4v) is 2.89. The van der Waals surface area contributed by atoms with Crippen molar-refractivity contribution in [2.45, 2.75) is 31.7 Å². The molecule has 2 saturated carbocycles. The van der Waals surface area contributed by atoms with Crippen LogP contribution in [-0.2, 0) is 0 Å². The van der Waals surface area contributed by atoms with Gasteiger partial charge in [0.25, 0.3) is 0 Å². The highest BCUT2D eigenvalue weighted by atomic mass is 16.4. The average molecular weight is 185 g/mol. The summed E-state index contributed by atoms with van der Waals surface area (Å²) in [4.78, 5) is 10.3. The molecule has 0 aliphatic heterocycles. The second-order valence-electron chi connectivity index (χ2n) is 4.51. The number of carbonyl (C=O) groups is 1. The predicted molar refractivity (Wildman–Crippen MR) is 46.4 cm³/mol. The zero-order valence-electron chi connectivity index (χ0n) is 7.49. The number of aliphatic hydroxyl groups is 1. The molecule has 3 N–H and O–H groups in total. The Hall–Kier alpha value is -0.770. The summed E-state index contributed by atoms with van der Waals surface area (Å²) in [6, 6.07) is 0.164. The Morgan fingerprint density at radius 1 is 1.38 bits per heavy atom. The van der Waals surface area contributed by atoms with Gasteiger partial charge in [0.05, 0.1) is 0 Å². The standard InChI is InChI=1S/C9H15NO3/c11-5-6-1-9(2-6)3-7(4-9)10-8(12)13/h6-7,10-11H,1-5H2,(H,12,13). The van der Waals surface area contributed by atoms with Crippen molar-refractivity contribution in [3.05, 3.63) is 0 Å². The van der Waals surface area contributed by atoms with Crippen LogP contribution in [0, 0.1) is 11.3 Å². The van der Waals surface area contributed by atoms with Gasteiger partial charge >= 0.3 is 6.09 Å². The fraction of sp³-hybridized carbons (Fsp3) is 0.889. The van der Waals surface area contributed by atoms with Crippen molar-refractivity contribution in [2.75, 3.05) is 6.61 Å². The van der Waals surface area contributed by atoms with Crippen LogP contribution in [0.2, 0.25) is 0 Å². The maximum atomic E-state index is 10.3. The van der Waals surface area contributed by atoms with Crippen LogP contribution < -0.4 is 5.32 Å². The van der Waals surface area contributed by atoms with Gasteiger partial charge in [-0.2, -0.15) is 0 Å². The molecule has 4 nitrogen and oxygen atoms in total. The van der Waals surface area contributed by atoms with Gasteiger partial charge in [-0.1, -0.05) is 0 Å². The van der Waals surface area contributed by atoms with E-state index in [0.717, 1.165) is 25.7 Å². The summed E-state index contributed by atoms with van der Waals surface area (Å²) in [5.41, 5.74) is 0.389. The second-order valence-corrected chi connectivity index (χ2v) is 4.51. The Morgan fingerprint density at radius 2 is 2.00 bits per heavy atom. The first-order valence-corrected chi connectivity index (χ1v) is 4.74. The van der Waals surface area contributed by atoms with E-state index in [1.807, 2.05) is 0 Å². The lowest BCUT2D eigenvalue weighted by Gasteiger charge is -2.57. The van der Waals surface area contributed by atoms with Crippen molar-refractivity contribution < 1.29 is 15.0 Å². The summed E-state index contributed by atoms with van der Waals surface area (Å²) in [5, 5.41) is 19.8. The largest absolute Gasteiger partial charge is 0.465 e. The Morgan fingerprint density at radius 3 is 2.46 bits per heavy atom. The van der Waals surface area contributed by atoms with E-state index in [0.29, 0.717) is 17.9 Å². The van der Waals surface area contributed by atoms with E-state index in [4.69, 9.17) is 10.2 Å². The number of hydrogen-bond donors (Lipinski definition) is 3. The normalized spacial score (nSPS) is 42.2. The Bertz CT molecular complexity index is 215. The Balaban J connectivity index is 1.71. The number of aliphatic hydroxyl groups excluding tert-OH is 1. The van der Waals surface area contributed by atoms with E-state index >= 15 is 0 Å². The maximum absolute atomic E-state index is 10.3. The molecule has 0 bridgehead atoms. The van der Waals surface area contributed by atoms with Gasteiger partial charge in [-0.15, -0.1) is 0 Å². The summed E-state index contributed by atoms with van der Waals surface area (Å²) in [6.07, 6.45) is 3.19. The van der Waals surface area contributed by atoms with Gasteiger partial charge in [0.2, 0.25) is 0 Å². The predicted octanol–water partition coefficient (Wildman–Crippen LogP) is 0.805. The smallest absolute Gasteiger partial charge is 0.404 e. The zero-order chi connectivity index (χ0) is 9.47. The maximum Gasteiger partial charge on any atom is 0.404 e. The number of amides is 1. The van der Waals surface area contributed by atoms with Crippen LogP contribution in [0.3, 0.4) is 0 Å². The molecule has 0 aromatic carbocycles. The minimum atomic E-state index is -0.919. The highest BCUT2D eigenvalue weighted by Gasteiger charge is 2.52. The van der Waals surface area contributed by atoms with E-state index in [1.54, 1.807) is 0 Å². The number of nitrogens with one attached hydrogen (secondary N) is 1. The zero-order valence-corrected chi connectivity index (χ0v) is 7.49. The molecular weight excluding hydrogens is 170 g/mol. The molecule has 13 heavy (non-hydrogen) atoms. The van der Waals surface area contributed by atoms with Crippen LogP contribution in [0.15, 0.2) is 0 Å². The second kappa shape index (κ2) is 2.87. The number of rotatable bonds is 2. The molecule has 74 valence electrons. The summed E-state index contributed by atoms with van der Waals surface area (Å²) in [7, 11) is 0.